The zero-order valence-corrected chi connectivity index (χ0v) is 15.3. The molecule has 0 aliphatic carbocycles. The van der Waals surface area contributed by atoms with Crippen LogP contribution in [0.2, 0.25) is 0 Å². The Morgan fingerprint density at radius 1 is 1.27 bits per heavy atom. The number of piperidine rings is 1. The first-order chi connectivity index (χ1) is 12.4. The molecule has 1 aromatic carbocycles. The van der Waals surface area contributed by atoms with E-state index in [0.717, 1.165) is 26.2 Å². The largest absolute Gasteiger partial charge is 0.383 e. The van der Waals surface area contributed by atoms with Gasteiger partial charge < -0.3 is 5.73 Å². The number of hydrogen-bond donors (Lipinski definition) is 1. The minimum absolute atomic E-state index is 0.0197. The highest BCUT2D eigenvalue weighted by atomic mass is 32.1. The van der Waals surface area contributed by atoms with Crippen LogP contribution in [0.25, 0.3) is 21.6 Å². The van der Waals surface area contributed by atoms with Gasteiger partial charge >= 0.3 is 0 Å². The van der Waals surface area contributed by atoms with Crippen LogP contribution in [-0.4, -0.2) is 33.9 Å². The summed E-state index contributed by atoms with van der Waals surface area (Å²) in [5.41, 5.74) is 8.19. The van der Waals surface area contributed by atoms with Crippen LogP contribution < -0.4 is 5.73 Å². The van der Waals surface area contributed by atoms with Crippen molar-refractivity contribution in [2.75, 3.05) is 18.8 Å². The van der Waals surface area contributed by atoms with Crippen molar-refractivity contribution < 1.29 is 8.78 Å². The van der Waals surface area contributed by atoms with Gasteiger partial charge in [-0.05, 0) is 32.0 Å². The third kappa shape index (κ3) is 3.54. The number of anilines is 1. The number of halogens is 2. The third-order valence-electron chi connectivity index (χ3n) is 4.60. The minimum Gasteiger partial charge on any atom is -0.383 e. The van der Waals surface area contributed by atoms with Gasteiger partial charge in [-0.25, -0.2) is 18.7 Å². The van der Waals surface area contributed by atoms with Crippen molar-refractivity contribution in [1.29, 1.82) is 0 Å². The smallest absolute Gasteiger partial charge is 0.260 e. The van der Waals surface area contributed by atoms with E-state index in [4.69, 9.17) is 5.73 Å². The molecule has 0 bridgehead atoms. The standard InChI is InChI=1S/C19H20F2N4S/c1-12-4-2-5-13(8-12)17-23-16(22)15-9-14(26-18(15)24-17)10-25-7-3-6-19(20,21)11-25/h2,4-5,8-9H,3,6-7,10-11H2,1H3,(H2,22,23,24). The number of nitrogens with two attached hydrogens (primary N) is 1. The van der Waals surface area contributed by atoms with Crippen molar-refractivity contribution in [2.45, 2.75) is 32.2 Å². The van der Waals surface area contributed by atoms with Crippen LogP contribution in [0.4, 0.5) is 14.6 Å². The molecule has 0 saturated carbocycles. The van der Waals surface area contributed by atoms with Gasteiger partial charge in [0, 0.05) is 23.4 Å². The van der Waals surface area contributed by atoms with Crippen LogP contribution in [0, 0.1) is 6.92 Å². The maximum Gasteiger partial charge on any atom is 0.260 e. The number of alkyl halides is 2. The molecule has 4 rings (SSSR count). The molecule has 0 atom stereocenters. The number of nitrogen functional groups attached to an aromatic ring is 1. The molecule has 136 valence electrons. The molecular weight excluding hydrogens is 354 g/mol. The van der Waals surface area contributed by atoms with Crippen LogP contribution in [0.3, 0.4) is 0 Å². The molecule has 0 radical (unpaired) electrons. The maximum absolute atomic E-state index is 13.6. The molecule has 1 aliphatic heterocycles. The molecule has 2 N–H and O–H groups in total. The monoisotopic (exact) mass is 374 g/mol. The van der Waals surface area contributed by atoms with Crippen molar-refractivity contribution in [3.8, 4) is 11.4 Å². The molecule has 1 aliphatic rings. The van der Waals surface area contributed by atoms with Crippen molar-refractivity contribution in [3.05, 3.63) is 40.8 Å². The van der Waals surface area contributed by atoms with E-state index in [2.05, 4.69) is 9.97 Å². The Morgan fingerprint density at radius 3 is 2.88 bits per heavy atom. The van der Waals surface area contributed by atoms with Crippen LogP contribution in [0.15, 0.2) is 30.3 Å². The second-order valence-electron chi connectivity index (χ2n) is 6.90. The normalized spacial score (nSPS) is 17.7. The van der Waals surface area contributed by atoms with E-state index in [1.165, 1.54) is 11.3 Å². The minimum atomic E-state index is -2.59. The Bertz CT molecular complexity index is 954. The average molecular weight is 374 g/mol. The lowest BCUT2D eigenvalue weighted by Crippen LogP contribution is -2.41. The Kier molecular flexibility index (Phi) is 4.36. The van der Waals surface area contributed by atoms with E-state index in [9.17, 15) is 8.78 Å². The van der Waals surface area contributed by atoms with E-state index in [1.54, 1.807) is 4.90 Å². The predicted molar refractivity (Wildman–Crippen MR) is 101 cm³/mol. The molecule has 3 heterocycles. The average Bonchev–Trinajstić information content (AvgIpc) is 2.97. The van der Waals surface area contributed by atoms with Crippen molar-refractivity contribution in [3.63, 3.8) is 0 Å². The first kappa shape index (κ1) is 17.3. The molecule has 3 aromatic rings. The number of aryl methyl sites for hydroxylation is 1. The summed E-state index contributed by atoms with van der Waals surface area (Å²) in [4.78, 5) is 12.7. The third-order valence-corrected chi connectivity index (χ3v) is 5.61. The molecule has 1 fully saturated rings. The van der Waals surface area contributed by atoms with Crippen LogP contribution in [0.5, 0.6) is 0 Å². The van der Waals surface area contributed by atoms with Gasteiger partial charge in [0.15, 0.2) is 5.82 Å². The van der Waals surface area contributed by atoms with E-state index in [0.29, 0.717) is 31.2 Å². The number of thiophene rings is 1. The number of fused-ring (bicyclic) bond motifs is 1. The number of benzene rings is 1. The highest BCUT2D eigenvalue weighted by Crippen LogP contribution is 2.33. The van der Waals surface area contributed by atoms with E-state index in [-0.39, 0.29) is 13.0 Å². The molecule has 7 heteroatoms. The highest BCUT2D eigenvalue weighted by molar-refractivity contribution is 7.18. The number of hydrogen-bond acceptors (Lipinski definition) is 5. The van der Waals surface area contributed by atoms with E-state index in [1.807, 2.05) is 37.3 Å². The molecule has 1 saturated heterocycles. The summed E-state index contributed by atoms with van der Waals surface area (Å²) < 4.78 is 27.2. The number of rotatable bonds is 3. The van der Waals surface area contributed by atoms with Gasteiger partial charge in [0.25, 0.3) is 5.92 Å². The predicted octanol–water partition coefficient (Wildman–Crippen LogP) is 4.48. The van der Waals surface area contributed by atoms with Gasteiger partial charge in [0.1, 0.15) is 10.6 Å². The molecule has 4 nitrogen and oxygen atoms in total. The van der Waals surface area contributed by atoms with Gasteiger partial charge in [0.05, 0.1) is 11.9 Å². The molecule has 26 heavy (non-hydrogen) atoms. The second-order valence-corrected chi connectivity index (χ2v) is 8.02. The van der Waals surface area contributed by atoms with Crippen molar-refractivity contribution >= 4 is 27.4 Å². The number of aromatic nitrogens is 2. The topological polar surface area (TPSA) is 55.0 Å². The highest BCUT2D eigenvalue weighted by Gasteiger charge is 2.35. The lowest BCUT2D eigenvalue weighted by atomic mass is 10.1. The van der Waals surface area contributed by atoms with E-state index >= 15 is 0 Å². The summed E-state index contributed by atoms with van der Waals surface area (Å²) >= 11 is 1.50. The Hall–Kier alpha value is -2.12. The summed E-state index contributed by atoms with van der Waals surface area (Å²) in [6.45, 7) is 3.02. The molecule has 0 spiro atoms. The van der Waals surface area contributed by atoms with E-state index < -0.39 is 5.92 Å². The quantitative estimate of drug-likeness (QED) is 0.734. The molecule has 0 unspecified atom stereocenters. The summed E-state index contributed by atoms with van der Waals surface area (Å²) in [6.07, 6.45) is 0.505. The molecule has 0 amide bonds. The fourth-order valence-corrected chi connectivity index (χ4v) is 4.46. The van der Waals surface area contributed by atoms with Gasteiger partial charge in [-0.1, -0.05) is 23.8 Å². The maximum atomic E-state index is 13.6. The van der Waals surface area contributed by atoms with Gasteiger partial charge in [-0.3, -0.25) is 4.90 Å². The fraction of sp³-hybridized carbons (Fsp3) is 0.368. The Morgan fingerprint density at radius 2 is 2.12 bits per heavy atom. The Labute approximate surface area is 154 Å². The van der Waals surface area contributed by atoms with Crippen molar-refractivity contribution in [2.24, 2.45) is 0 Å². The lowest BCUT2D eigenvalue weighted by Gasteiger charge is -2.31. The molecule has 2 aromatic heterocycles. The summed E-state index contributed by atoms with van der Waals surface area (Å²) in [7, 11) is 0. The number of nitrogens with zero attached hydrogens (tertiary/aromatic N) is 3. The summed E-state index contributed by atoms with van der Waals surface area (Å²) in [6, 6.07) is 9.89. The first-order valence-corrected chi connectivity index (χ1v) is 9.44. The van der Waals surface area contributed by atoms with Gasteiger partial charge in [0.2, 0.25) is 0 Å². The van der Waals surface area contributed by atoms with Crippen LogP contribution in [0.1, 0.15) is 23.3 Å². The zero-order valence-electron chi connectivity index (χ0n) is 14.5. The zero-order chi connectivity index (χ0) is 18.3. The van der Waals surface area contributed by atoms with Crippen LogP contribution in [-0.2, 0) is 6.54 Å². The SMILES string of the molecule is Cc1cccc(-c2nc(N)c3cc(CN4CCCC(F)(F)C4)sc3n2)c1. The second kappa shape index (κ2) is 6.55. The number of likely N-dealkylation sites (tertiary alicyclic amines) is 1. The first-order valence-electron chi connectivity index (χ1n) is 8.63. The van der Waals surface area contributed by atoms with Crippen molar-refractivity contribution in [1.82, 2.24) is 14.9 Å². The fourth-order valence-electron chi connectivity index (χ4n) is 3.39. The summed E-state index contributed by atoms with van der Waals surface area (Å²) in [5, 5.41) is 0.796. The van der Waals surface area contributed by atoms with Gasteiger partial charge in [-0.15, -0.1) is 11.3 Å². The molecular formula is C19H20F2N4S. The van der Waals surface area contributed by atoms with Gasteiger partial charge in [-0.2, -0.15) is 0 Å². The Balaban J connectivity index is 1.64. The summed E-state index contributed by atoms with van der Waals surface area (Å²) in [5.74, 6) is -1.57. The van der Waals surface area contributed by atoms with Crippen LogP contribution >= 0.6 is 11.3 Å². The lowest BCUT2D eigenvalue weighted by molar-refractivity contribution is -0.0658.